The van der Waals surface area contributed by atoms with Gasteiger partial charge < -0.3 is 20.5 Å². The van der Waals surface area contributed by atoms with Gasteiger partial charge in [0.2, 0.25) is 5.91 Å². The highest BCUT2D eigenvalue weighted by Gasteiger charge is 2.33. The van der Waals surface area contributed by atoms with Crippen molar-refractivity contribution in [3.63, 3.8) is 0 Å². The van der Waals surface area contributed by atoms with E-state index in [9.17, 15) is 4.79 Å². The molecule has 0 spiro atoms. The van der Waals surface area contributed by atoms with E-state index in [1.807, 2.05) is 20.8 Å². The van der Waals surface area contributed by atoms with Crippen LogP contribution in [0.4, 0.5) is 0 Å². The molecule has 3 N–H and O–H groups in total. The number of hydrogen-bond acceptors (Lipinski definition) is 4. The maximum absolute atomic E-state index is 11.5. The van der Waals surface area contributed by atoms with Crippen LogP contribution in [0.15, 0.2) is 0 Å². The van der Waals surface area contributed by atoms with Crippen LogP contribution in [-0.2, 0) is 9.53 Å². The van der Waals surface area contributed by atoms with Crippen LogP contribution in [0.3, 0.4) is 0 Å². The fourth-order valence-electron chi connectivity index (χ4n) is 1.49. The number of nitrogens with one attached hydrogen (secondary N) is 2. The molecule has 0 aromatic carbocycles. The molecule has 1 atom stereocenters. The van der Waals surface area contributed by atoms with Crippen molar-refractivity contribution in [1.29, 1.82) is 0 Å². The lowest BCUT2D eigenvalue weighted by molar-refractivity contribution is -0.137. The van der Waals surface area contributed by atoms with E-state index < -0.39 is 0 Å². The summed E-state index contributed by atoms with van der Waals surface area (Å²) in [6, 6.07) is -0.191. The van der Waals surface area contributed by atoms with Crippen LogP contribution in [-0.4, -0.2) is 49.0 Å². The number of amides is 1. The normalized spacial score (nSPS) is 20.3. The number of rotatable bonds is 6. The molecule has 0 aromatic heterocycles. The number of carbonyl (C=O) groups excluding carboxylic acids is 1. The zero-order valence-electron chi connectivity index (χ0n) is 10.2. The summed E-state index contributed by atoms with van der Waals surface area (Å²) >= 11 is 0. The number of carbonyl (C=O) groups is 1. The first kappa shape index (κ1) is 13.4. The SMILES string of the molecule is CC(C)C(CO)NC(=O)COC1(C)CNC1. The highest BCUT2D eigenvalue weighted by atomic mass is 16.5. The van der Waals surface area contributed by atoms with Crippen LogP contribution < -0.4 is 10.6 Å². The van der Waals surface area contributed by atoms with Gasteiger partial charge in [-0.2, -0.15) is 0 Å². The second kappa shape index (κ2) is 5.61. The van der Waals surface area contributed by atoms with Crippen molar-refractivity contribution in [3.8, 4) is 0 Å². The lowest BCUT2D eigenvalue weighted by Crippen LogP contribution is -2.60. The molecule has 0 saturated carbocycles. The molecule has 1 fully saturated rings. The molecule has 0 bridgehead atoms. The van der Waals surface area contributed by atoms with Gasteiger partial charge in [-0.3, -0.25) is 4.79 Å². The maximum atomic E-state index is 11.5. The van der Waals surface area contributed by atoms with Crippen LogP contribution in [0.25, 0.3) is 0 Å². The smallest absolute Gasteiger partial charge is 0.246 e. The largest absolute Gasteiger partial charge is 0.394 e. The maximum Gasteiger partial charge on any atom is 0.246 e. The van der Waals surface area contributed by atoms with Crippen molar-refractivity contribution < 1.29 is 14.6 Å². The van der Waals surface area contributed by atoms with Crippen LogP contribution in [0, 0.1) is 5.92 Å². The third-order valence-electron chi connectivity index (χ3n) is 2.90. The van der Waals surface area contributed by atoms with Crippen molar-refractivity contribution in [2.24, 2.45) is 5.92 Å². The van der Waals surface area contributed by atoms with E-state index in [1.54, 1.807) is 0 Å². The minimum atomic E-state index is -0.204. The Morgan fingerprint density at radius 1 is 1.56 bits per heavy atom. The molecule has 1 amide bonds. The first-order chi connectivity index (χ1) is 7.47. The van der Waals surface area contributed by atoms with Crippen molar-refractivity contribution >= 4 is 5.91 Å². The fraction of sp³-hybridized carbons (Fsp3) is 0.909. The lowest BCUT2D eigenvalue weighted by atomic mass is 10.0. The average Bonchev–Trinajstić information content (AvgIpc) is 2.19. The Labute approximate surface area is 96.6 Å². The van der Waals surface area contributed by atoms with Crippen LogP contribution >= 0.6 is 0 Å². The molecule has 1 rings (SSSR count). The first-order valence-electron chi connectivity index (χ1n) is 5.72. The van der Waals surface area contributed by atoms with Gasteiger partial charge in [-0.1, -0.05) is 13.8 Å². The van der Waals surface area contributed by atoms with Gasteiger partial charge in [-0.05, 0) is 12.8 Å². The molecule has 1 aliphatic rings. The second-order valence-electron chi connectivity index (χ2n) is 4.94. The molecule has 5 heteroatoms. The molecule has 1 heterocycles. The second-order valence-corrected chi connectivity index (χ2v) is 4.94. The number of hydrogen-bond donors (Lipinski definition) is 3. The Bertz CT molecular complexity index is 239. The highest BCUT2D eigenvalue weighted by Crippen LogP contribution is 2.14. The Morgan fingerprint density at radius 2 is 2.19 bits per heavy atom. The molecule has 5 nitrogen and oxygen atoms in total. The Balaban J connectivity index is 2.24. The van der Waals surface area contributed by atoms with E-state index >= 15 is 0 Å². The Kier molecular flexibility index (Phi) is 4.70. The van der Waals surface area contributed by atoms with Gasteiger partial charge in [0.05, 0.1) is 18.2 Å². The molecule has 0 aliphatic carbocycles. The summed E-state index contributed by atoms with van der Waals surface area (Å²) in [5.41, 5.74) is -0.204. The standard InChI is InChI=1S/C11H22N2O3/c1-8(2)9(4-14)13-10(15)5-16-11(3)6-12-7-11/h8-9,12,14H,4-7H2,1-3H3,(H,13,15). The van der Waals surface area contributed by atoms with E-state index in [-0.39, 0.29) is 36.7 Å². The lowest BCUT2D eigenvalue weighted by Gasteiger charge is -2.38. The summed E-state index contributed by atoms with van der Waals surface area (Å²) in [7, 11) is 0. The van der Waals surface area contributed by atoms with Gasteiger partial charge in [0.1, 0.15) is 6.61 Å². The van der Waals surface area contributed by atoms with E-state index in [0.29, 0.717) is 0 Å². The predicted octanol–water partition coefficient (Wildman–Crippen LogP) is -0.502. The average molecular weight is 230 g/mol. The zero-order valence-corrected chi connectivity index (χ0v) is 10.2. The molecule has 16 heavy (non-hydrogen) atoms. The molecular weight excluding hydrogens is 208 g/mol. The molecule has 1 aliphatic heterocycles. The van der Waals surface area contributed by atoms with Crippen LogP contribution in [0.5, 0.6) is 0 Å². The molecule has 1 unspecified atom stereocenters. The monoisotopic (exact) mass is 230 g/mol. The third-order valence-corrected chi connectivity index (χ3v) is 2.90. The van der Waals surface area contributed by atoms with Crippen molar-refractivity contribution in [1.82, 2.24) is 10.6 Å². The van der Waals surface area contributed by atoms with Gasteiger partial charge in [0.15, 0.2) is 0 Å². The first-order valence-corrected chi connectivity index (χ1v) is 5.72. The molecule has 0 aromatic rings. The fourth-order valence-corrected chi connectivity index (χ4v) is 1.49. The van der Waals surface area contributed by atoms with Crippen LogP contribution in [0.1, 0.15) is 20.8 Å². The minimum Gasteiger partial charge on any atom is -0.394 e. The molecule has 0 radical (unpaired) electrons. The summed E-state index contributed by atoms with van der Waals surface area (Å²) in [6.07, 6.45) is 0. The highest BCUT2D eigenvalue weighted by molar-refractivity contribution is 5.77. The van der Waals surface area contributed by atoms with E-state index in [2.05, 4.69) is 10.6 Å². The van der Waals surface area contributed by atoms with Gasteiger partial charge in [0, 0.05) is 13.1 Å². The van der Waals surface area contributed by atoms with E-state index in [0.717, 1.165) is 13.1 Å². The Morgan fingerprint density at radius 3 is 2.56 bits per heavy atom. The molecular formula is C11H22N2O3. The van der Waals surface area contributed by atoms with Gasteiger partial charge in [-0.25, -0.2) is 0 Å². The van der Waals surface area contributed by atoms with Crippen molar-refractivity contribution in [2.45, 2.75) is 32.4 Å². The topological polar surface area (TPSA) is 70.6 Å². The summed E-state index contributed by atoms with van der Waals surface area (Å²) < 4.78 is 5.50. The predicted molar refractivity (Wildman–Crippen MR) is 61.1 cm³/mol. The summed E-state index contributed by atoms with van der Waals surface area (Å²) in [4.78, 5) is 11.5. The number of ether oxygens (including phenoxy) is 1. The van der Waals surface area contributed by atoms with E-state index in [4.69, 9.17) is 9.84 Å². The van der Waals surface area contributed by atoms with Crippen LogP contribution in [0.2, 0.25) is 0 Å². The molecule has 94 valence electrons. The number of aliphatic hydroxyl groups is 1. The summed E-state index contributed by atoms with van der Waals surface area (Å²) in [6.45, 7) is 7.48. The zero-order chi connectivity index (χ0) is 12.2. The van der Waals surface area contributed by atoms with Crippen molar-refractivity contribution in [2.75, 3.05) is 26.3 Å². The summed E-state index contributed by atoms with van der Waals surface area (Å²) in [5.74, 6) is 0.0516. The van der Waals surface area contributed by atoms with Gasteiger partial charge in [0.25, 0.3) is 0 Å². The number of aliphatic hydroxyl groups excluding tert-OH is 1. The Hall–Kier alpha value is -0.650. The quantitative estimate of drug-likeness (QED) is 0.575. The van der Waals surface area contributed by atoms with Gasteiger partial charge >= 0.3 is 0 Å². The van der Waals surface area contributed by atoms with Gasteiger partial charge in [-0.15, -0.1) is 0 Å². The third kappa shape index (κ3) is 3.73. The van der Waals surface area contributed by atoms with Crippen molar-refractivity contribution in [3.05, 3.63) is 0 Å². The summed E-state index contributed by atoms with van der Waals surface area (Å²) in [5, 5.41) is 14.9. The minimum absolute atomic E-state index is 0.0395. The molecule has 1 saturated heterocycles. The van der Waals surface area contributed by atoms with E-state index in [1.165, 1.54) is 0 Å².